The lowest BCUT2D eigenvalue weighted by atomic mass is 9.98. The molecule has 1 aromatic carbocycles. The van der Waals surface area contributed by atoms with Gasteiger partial charge in [0.25, 0.3) is 0 Å². The van der Waals surface area contributed by atoms with Gasteiger partial charge < -0.3 is 10.6 Å². The Balaban J connectivity index is 2.86. The van der Waals surface area contributed by atoms with Crippen molar-refractivity contribution in [1.29, 1.82) is 0 Å². The quantitative estimate of drug-likeness (QED) is 0.859. The van der Waals surface area contributed by atoms with Crippen LogP contribution in [-0.4, -0.2) is 18.5 Å². The smallest absolute Gasteiger partial charge is 0.240 e. The van der Waals surface area contributed by atoms with E-state index in [1.807, 2.05) is 20.8 Å². The van der Waals surface area contributed by atoms with E-state index in [9.17, 15) is 4.79 Å². The van der Waals surface area contributed by atoms with E-state index in [4.69, 9.17) is 0 Å². The number of carbonyl (C=O) groups excluding carboxylic acids is 1. The molecule has 18 heavy (non-hydrogen) atoms. The molecule has 0 spiro atoms. The maximum Gasteiger partial charge on any atom is 0.240 e. The molecule has 1 amide bonds. The number of benzene rings is 1. The maximum absolute atomic E-state index is 12.1. The molecule has 0 aliphatic carbocycles. The van der Waals surface area contributed by atoms with E-state index in [1.54, 1.807) is 7.05 Å². The van der Waals surface area contributed by atoms with Gasteiger partial charge in [0.2, 0.25) is 5.91 Å². The van der Waals surface area contributed by atoms with Crippen LogP contribution in [0.1, 0.15) is 43.5 Å². The summed E-state index contributed by atoms with van der Waals surface area (Å²) in [5.74, 6) is 0.0124. The Kier molecular flexibility index (Phi) is 4.52. The summed E-state index contributed by atoms with van der Waals surface area (Å²) in [7, 11) is 1.79. The van der Waals surface area contributed by atoms with E-state index in [1.165, 1.54) is 16.7 Å². The third kappa shape index (κ3) is 3.33. The van der Waals surface area contributed by atoms with Crippen LogP contribution in [0.25, 0.3) is 0 Å². The van der Waals surface area contributed by atoms with Crippen LogP contribution in [0.3, 0.4) is 0 Å². The summed E-state index contributed by atoms with van der Waals surface area (Å²) in [6.45, 7) is 9.90. The van der Waals surface area contributed by atoms with Crippen molar-refractivity contribution in [1.82, 2.24) is 10.6 Å². The minimum atomic E-state index is -0.550. The summed E-state index contributed by atoms with van der Waals surface area (Å²) >= 11 is 0. The van der Waals surface area contributed by atoms with E-state index in [0.717, 1.165) is 0 Å². The Morgan fingerprint density at radius 3 is 2.44 bits per heavy atom. The second-order valence-corrected chi connectivity index (χ2v) is 5.43. The van der Waals surface area contributed by atoms with Gasteiger partial charge >= 0.3 is 0 Å². The van der Waals surface area contributed by atoms with Crippen LogP contribution in [0.4, 0.5) is 0 Å². The van der Waals surface area contributed by atoms with E-state index < -0.39 is 5.54 Å². The number of nitrogens with one attached hydrogen (secondary N) is 2. The number of rotatable bonds is 4. The van der Waals surface area contributed by atoms with Gasteiger partial charge in [0.15, 0.2) is 0 Å². The van der Waals surface area contributed by atoms with Gasteiger partial charge in [-0.05, 0) is 52.8 Å². The van der Waals surface area contributed by atoms with Crippen molar-refractivity contribution in [3.63, 3.8) is 0 Å². The van der Waals surface area contributed by atoms with Gasteiger partial charge in [-0.15, -0.1) is 0 Å². The fraction of sp³-hybridized carbons (Fsp3) is 0.533. The average molecular weight is 248 g/mol. The van der Waals surface area contributed by atoms with Crippen molar-refractivity contribution in [3.05, 3.63) is 34.9 Å². The summed E-state index contributed by atoms with van der Waals surface area (Å²) in [6, 6.07) is 6.33. The van der Waals surface area contributed by atoms with Gasteiger partial charge in [-0.1, -0.05) is 23.8 Å². The van der Waals surface area contributed by atoms with Crippen molar-refractivity contribution in [2.45, 2.75) is 46.2 Å². The molecule has 3 nitrogen and oxygen atoms in total. The fourth-order valence-electron chi connectivity index (χ4n) is 1.79. The molecular weight excluding hydrogens is 224 g/mol. The molecule has 0 aromatic heterocycles. The number of aryl methyl sites for hydroxylation is 2. The number of likely N-dealkylation sites (N-methyl/N-ethyl adjacent to an activating group) is 1. The Morgan fingerprint density at radius 1 is 1.28 bits per heavy atom. The second-order valence-electron chi connectivity index (χ2n) is 5.43. The van der Waals surface area contributed by atoms with Crippen molar-refractivity contribution in [2.75, 3.05) is 7.05 Å². The first kappa shape index (κ1) is 14.7. The Bertz CT molecular complexity index is 438. The first-order chi connectivity index (χ1) is 8.27. The summed E-state index contributed by atoms with van der Waals surface area (Å²) < 4.78 is 0. The Hall–Kier alpha value is -1.35. The van der Waals surface area contributed by atoms with Crippen LogP contribution in [0.15, 0.2) is 18.2 Å². The maximum atomic E-state index is 12.1. The van der Waals surface area contributed by atoms with Gasteiger partial charge in [-0.2, -0.15) is 0 Å². The van der Waals surface area contributed by atoms with Gasteiger partial charge in [0, 0.05) is 0 Å². The monoisotopic (exact) mass is 248 g/mol. The van der Waals surface area contributed by atoms with E-state index in [0.29, 0.717) is 0 Å². The average Bonchev–Trinajstić information content (AvgIpc) is 2.31. The zero-order valence-corrected chi connectivity index (χ0v) is 12.2. The SMILES string of the molecule is CNC(C)(C)C(=O)NC(C)c1cc(C)ccc1C. The van der Waals surface area contributed by atoms with E-state index in [-0.39, 0.29) is 11.9 Å². The van der Waals surface area contributed by atoms with E-state index in [2.05, 4.69) is 42.7 Å². The van der Waals surface area contributed by atoms with Crippen molar-refractivity contribution < 1.29 is 4.79 Å². The van der Waals surface area contributed by atoms with Gasteiger partial charge in [0.05, 0.1) is 11.6 Å². The van der Waals surface area contributed by atoms with Gasteiger partial charge in [0.1, 0.15) is 0 Å². The minimum Gasteiger partial charge on any atom is -0.348 e. The molecular formula is C15H24N2O. The molecule has 0 saturated heterocycles. The summed E-state index contributed by atoms with van der Waals surface area (Å²) in [5.41, 5.74) is 3.04. The highest BCUT2D eigenvalue weighted by Gasteiger charge is 2.26. The normalized spacial score (nSPS) is 13.2. The van der Waals surface area contributed by atoms with Crippen LogP contribution in [0.2, 0.25) is 0 Å². The van der Waals surface area contributed by atoms with Crippen LogP contribution >= 0.6 is 0 Å². The largest absolute Gasteiger partial charge is 0.348 e. The minimum absolute atomic E-state index is 0.0124. The highest BCUT2D eigenvalue weighted by atomic mass is 16.2. The highest BCUT2D eigenvalue weighted by Crippen LogP contribution is 2.19. The Morgan fingerprint density at radius 2 is 1.89 bits per heavy atom. The van der Waals surface area contributed by atoms with Gasteiger partial charge in [-0.3, -0.25) is 4.79 Å². The number of hydrogen-bond donors (Lipinski definition) is 2. The third-order valence-corrected chi connectivity index (χ3v) is 3.44. The fourth-order valence-corrected chi connectivity index (χ4v) is 1.79. The zero-order chi connectivity index (χ0) is 13.9. The van der Waals surface area contributed by atoms with E-state index >= 15 is 0 Å². The van der Waals surface area contributed by atoms with Gasteiger partial charge in [-0.25, -0.2) is 0 Å². The van der Waals surface area contributed by atoms with Crippen molar-refractivity contribution >= 4 is 5.91 Å². The highest BCUT2D eigenvalue weighted by molar-refractivity contribution is 5.85. The number of amides is 1. The first-order valence-electron chi connectivity index (χ1n) is 6.35. The lowest BCUT2D eigenvalue weighted by molar-refractivity contribution is -0.126. The van der Waals surface area contributed by atoms with Crippen LogP contribution < -0.4 is 10.6 Å². The molecule has 1 atom stereocenters. The molecule has 1 unspecified atom stereocenters. The summed E-state index contributed by atoms with van der Waals surface area (Å²) in [5, 5.41) is 6.07. The van der Waals surface area contributed by atoms with Crippen LogP contribution in [0.5, 0.6) is 0 Å². The van der Waals surface area contributed by atoms with Crippen molar-refractivity contribution in [3.8, 4) is 0 Å². The Labute approximate surface area is 110 Å². The molecule has 0 bridgehead atoms. The lowest BCUT2D eigenvalue weighted by Crippen LogP contribution is -2.51. The topological polar surface area (TPSA) is 41.1 Å². The molecule has 1 rings (SSSR count). The molecule has 0 heterocycles. The number of hydrogen-bond acceptors (Lipinski definition) is 2. The molecule has 3 heteroatoms. The second kappa shape index (κ2) is 5.53. The summed E-state index contributed by atoms with van der Waals surface area (Å²) in [6.07, 6.45) is 0. The molecule has 0 saturated carbocycles. The van der Waals surface area contributed by atoms with Crippen LogP contribution in [-0.2, 0) is 4.79 Å². The molecule has 0 aliphatic heterocycles. The van der Waals surface area contributed by atoms with Crippen LogP contribution in [0, 0.1) is 13.8 Å². The predicted molar refractivity (Wildman–Crippen MR) is 75.6 cm³/mol. The molecule has 0 aliphatic rings. The molecule has 1 aromatic rings. The molecule has 0 radical (unpaired) electrons. The zero-order valence-electron chi connectivity index (χ0n) is 12.2. The molecule has 0 fully saturated rings. The lowest BCUT2D eigenvalue weighted by Gasteiger charge is -2.26. The first-order valence-corrected chi connectivity index (χ1v) is 6.35. The summed E-state index contributed by atoms with van der Waals surface area (Å²) in [4.78, 5) is 12.1. The number of carbonyl (C=O) groups is 1. The van der Waals surface area contributed by atoms with Crippen molar-refractivity contribution in [2.24, 2.45) is 0 Å². The predicted octanol–water partition coefficient (Wildman–Crippen LogP) is 2.48. The third-order valence-electron chi connectivity index (χ3n) is 3.44. The standard InChI is InChI=1S/C15H24N2O/c1-10-7-8-11(2)13(9-10)12(3)17-14(18)15(4,5)16-6/h7-9,12,16H,1-6H3,(H,17,18). The molecule has 2 N–H and O–H groups in total. The molecule has 100 valence electrons.